The molecule has 0 unspecified atom stereocenters. The zero-order chi connectivity index (χ0) is 12.4. The van der Waals surface area contributed by atoms with Gasteiger partial charge in [-0.25, -0.2) is 0 Å². The highest BCUT2D eigenvalue weighted by molar-refractivity contribution is 7.98. The van der Waals surface area contributed by atoms with Gasteiger partial charge >= 0.3 is 0 Å². The lowest BCUT2D eigenvalue weighted by Crippen LogP contribution is -1.86. The summed E-state index contributed by atoms with van der Waals surface area (Å²) in [5.74, 6) is 1.60. The lowest BCUT2D eigenvalue weighted by molar-refractivity contribution is 0.392. The third kappa shape index (κ3) is 2.79. The Labute approximate surface area is 114 Å². The van der Waals surface area contributed by atoms with Crippen molar-refractivity contribution in [1.82, 2.24) is 5.16 Å². The normalized spacial score (nSPS) is 10.8. The molecule has 0 aliphatic carbocycles. The lowest BCUT2D eigenvalue weighted by atomic mass is 10.2. The molecule has 0 fully saturated rings. The highest BCUT2D eigenvalue weighted by Crippen LogP contribution is 2.36. The number of rotatable bonds is 3. The van der Waals surface area contributed by atoms with Gasteiger partial charge in [-0.1, -0.05) is 34.4 Å². The summed E-state index contributed by atoms with van der Waals surface area (Å²) in [5, 5.41) is 5.27. The van der Waals surface area contributed by atoms with Gasteiger partial charge in [0.25, 0.3) is 0 Å². The SMILES string of the molecule is Cc1noc(C)c1CSc1c(Cl)cccc1Cl. The first-order valence-electron chi connectivity index (χ1n) is 5.08. The van der Waals surface area contributed by atoms with Crippen LogP contribution in [0.4, 0.5) is 0 Å². The number of aromatic nitrogens is 1. The average molecular weight is 288 g/mol. The van der Waals surface area contributed by atoms with Crippen LogP contribution in [0.3, 0.4) is 0 Å². The maximum absolute atomic E-state index is 6.10. The molecule has 2 aromatic rings. The van der Waals surface area contributed by atoms with Crippen molar-refractivity contribution in [3.63, 3.8) is 0 Å². The molecule has 0 aliphatic heterocycles. The maximum Gasteiger partial charge on any atom is 0.137 e. The first-order valence-corrected chi connectivity index (χ1v) is 6.82. The summed E-state index contributed by atoms with van der Waals surface area (Å²) in [6.07, 6.45) is 0. The fourth-order valence-electron chi connectivity index (χ4n) is 1.47. The van der Waals surface area contributed by atoms with Gasteiger partial charge in [0.2, 0.25) is 0 Å². The van der Waals surface area contributed by atoms with E-state index in [9.17, 15) is 0 Å². The van der Waals surface area contributed by atoms with Crippen molar-refractivity contribution < 1.29 is 4.52 Å². The van der Waals surface area contributed by atoms with Gasteiger partial charge in [0.15, 0.2) is 0 Å². The van der Waals surface area contributed by atoms with E-state index in [1.54, 1.807) is 11.8 Å². The van der Waals surface area contributed by atoms with Crippen molar-refractivity contribution >= 4 is 35.0 Å². The van der Waals surface area contributed by atoms with Crippen LogP contribution in [0.15, 0.2) is 27.6 Å². The zero-order valence-electron chi connectivity index (χ0n) is 9.46. The molecule has 0 saturated heterocycles. The maximum atomic E-state index is 6.10. The number of benzene rings is 1. The summed E-state index contributed by atoms with van der Waals surface area (Å²) in [4.78, 5) is 0.899. The summed E-state index contributed by atoms with van der Waals surface area (Å²) < 4.78 is 5.11. The molecule has 0 N–H and O–H groups in total. The fourth-order valence-corrected chi connectivity index (χ4v) is 3.31. The molecule has 0 aliphatic rings. The van der Waals surface area contributed by atoms with Gasteiger partial charge in [-0.15, -0.1) is 11.8 Å². The summed E-state index contributed by atoms with van der Waals surface area (Å²) in [7, 11) is 0. The van der Waals surface area contributed by atoms with E-state index >= 15 is 0 Å². The van der Waals surface area contributed by atoms with Gasteiger partial charge in [-0.05, 0) is 26.0 Å². The van der Waals surface area contributed by atoms with Crippen LogP contribution in [0.1, 0.15) is 17.0 Å². The van der Waals surface area contributed by atoms with E-state index in [1.165, 1.54) is 0 Å². The van der Waals surface area contributed by atoms with Crippen LogP contribution in [0.2, 0.25) is 10.0 Å². The minimum Gasteiger partial charge on any atom is -0.361 e. The van der Waals surface area contributed by atoms with Crippen molar-refractivity contribution in [2.75, 3.05) is 0 Å². The Balaban J connectivity index is 2.18. The molecule has 2 nitrogen and oxygen atoms in total. The number of halogens is 2. The molecule has 17 heavy (non-hydrogen) atoms. The van der Waals surface area contributed by atoms with E-state index in [0.717, 1.165) is 27.7 Å². The summed E-state index contributed by atoms with van der Waals surface area (Å²) in [5.41, 5.74) is 2.02. The van der Waals surface area contributed by atoms with Crippen molar-refractivity contribution in [2.45, 2.75) is 24.5 Å². The van der Waals surface area contributed by atoms with E-state index in [-0.39, 0.29) is 0 Å². The van der Waals surface area contributed by atoms with Crippen LogP contribution in [0.5, 0.6) is 0 Å². The topological polar surface area (TPSA) is 26.0 Å². The van der Waals surface area contributed by atoms with Gasteiger partial charge in [-0.3, -0.25) is 0 Å². The van der Waals surface area contributed by atoms with E-state index in [2.05, 4.69) is 5.16 Å². The first-order chi connectivity index (χ1) is 8.09. The van der Waals surface area contributed by atoms with Gasteiger partial charge in [0, 0.05) is 16.2 Å². The Morgan fingerprint density at radius 2 is 1.88 bits per heavy atom. The number of thioether (sulfide) groups is 1. The second-order valence-electron chi connectivity index (χ2n) is 3.64. The zero-order valence-corrected chi connectivity index (χ0v) is 11.8. The van der Waals surface area contributed by atoms with Crippen LogP contribution < -0.4 is 0 Å². The molecular weight excluding hydrogens is 277 g/mol. The van der Waals surface area contributed by atoms with Crippen molar-refractivity contribution in [1.29, 1.82) is 0 Å². The molecule has 0 spiro atoms. The Kier molecular flexibility index (Phi) is 4.02. The van der Waals surface area contributed by atoms with Crippen LogP contribution >= 0.6 is 35.0 Å². The predicted molar refractivity (Wildman–Crippen MR) is 72.0 cm³/mol. The average Bonchev–Trinajstić information content (AvgIpc) is 2.59. The van der Waals surface area contributed by atoms with Crippen LogP contribution in [0.25, 0.3) is 0 Å². The van der Waals surface area contributed by atoms with Gasteiger partial charge in [0.05, 0.1) is 15.7 Å². The quantitative estimate of drug-likeness (QED) is 0.752. The molecule has 0 amide bonds. The highest BCUT2D eigenvalue weighted by Gasteiger charge is 2.12. The van der Waals surface area contributed by atoms with Crippen LogP contribution in [-0.4, -0.2) is 5.16 Å². The molecule has 0 radical (unpaired) electrons. The Morgan fingerprint density at radius 1 is 1.24 bits per heavy atom. The molecule has 5 heteroatoms. The monoisotopic (exact) mass is 287 g/mol. The first kappa shape index (κ1) is 12.8. The second kappa shape index (κ2) is 5.34. The Hall–Kier alpha value is -0.640. The standard InChI is InChI=1S/C12H11Cl2NOS/c1-7-9(8(2)16-15-7)6-17-12-10(13)4-3-5-11(12)14/h3-5H,6H2,1-2H3. The van der Waals surface area contributed by atoms with Crippen molar-refractivity contribution in [3.8, 4) is 0 Å². The van der Waals surface area contributed by atoms with Gasteiger partial charge in [0.1, 0.15) is 5.76 Å². The highest BCUT2D eigenvalue weighted by atomic mass is 35.5. The number of hydrogen-bond donors (Lipinski definition) is 0. The van der Waals surface area contributed by atoms with Crippen molar-refractivity contribution in [2.24, 2.45) is 0 Å². The molecule has 1 aromatic carbocycles. The minimum absolute atomic E-state index is 0.675. The summed E-state index contributed by atoms with van der Waals surface area (Å²) in [6, 6.07) is 5.51. The second-order valence-corrected chi connectivity index (χ2v) is 5.44. The minimum atomic E-state index is 0.675. The lowest BCUT2D eigenvalue weighted by Gasteiger charge is -2.05. The molecule has 1 aromatic heterocycles. The summed E-state index contributed by atoms with van der Waals surface area (Å²) >= 11 is 13.8. The van der Waals surface area contributed by atoms with Crippen LogP contribution in [-0.2, 0) is 5.75 Å². The van der Waals surface area contributed by atoms with E-state index < -0.39 is 0 Å². The molecule has 0 bridgehead atoms. The Bertz CT molecular complexity index is 500. The number of hydrogen-bond acceptors (Lipinski definition) is 3. The molecular formula is C12H11Cl2NOS. The van der Waals surface area contributed by atoms with Gasteiger partial charge < -0.3 is 4.52 Å². The molecule has 0 atom stereocenters. The van der Waals surface area contributed by atoms with Crippen molar-refractivity contribution in [3.05, 3.63) is 45.3 Å². The van der Waals surface area contributed by atoms with E-state index in [0.29, 0.717) is 10.0 Å². The van der Waals surface area contributed by atoms with E-state index in [4.69, 9.17) is 27.7 Å². The molecule has 90 valence electrons. The third-order valence-electron chi connectivity index (χ3n) is 2.46. The molecule has 0 saturated carbocycles. The van der Waals surface area contributed by atoms with Gasteiger partial charge in [-0.2, -0.15) is 0 Å². The predicted octanol–water partition coefficient (Wildman–Crippen LogP) is 4.89. The smallest absolute Gasteiger partial charge is 0.137 e. The summed E-state index contributed by atoms with van der Waals surface area (Å²) in [6.45, 7) is 3.84. The number of aryl methyl sites for hydroxylation is 2. The third-order valence-corrected chi connectivity index (χ3v) is 4.48. The largest absolute Gasteiger partial charge is 0.361 e. The Morgan fingerprint density at radius 3 is 2.41 bits per heavy atom. The number of nitrogens with zero attached hydrogens (tertiary/aromatic N) is 1. The van der Waals surface area contributed by atoms with E-state index in [1.807, 2.05) is 32.0 Å². The fraction of sp³-hybridized carbons (Fsp3) is 0.250. The van der Waals surface area contributed by atoms with Crippen LogP contribution in [0, 0.1) is 13.8 Å². The molecule has 1 heterocycles. The molecule has 2 rings (SSSR count).